The van der Waals surface area contributed by atoms with Crippen molar-refractivity contribution in [2.45, 2.75) is 50.1 Å². The summed E-state index contributed by atoms with van der Waals surface area (Å²) in [6, 6.07) is 22.4. The van der Waals surface area contributed by atoms with Crippen LogP contribution in [0.25, 0.3) is 10.8 Å². The lowest BCUT2D eigenvalue weighted by Crippen LogP contribution is -2.50. The molecule has 6 nitrogen and oxygen atoms in total. The van der Waals surface area contributed by atoms with Crippen LogP contribution in [0.4, 0.5) is 0 Å². The lowest BCUT2D eigenvalue weighted by atomic mass is 10.0. The zero-order chi connectivity index (χ0) is 23.8. The van der Waals surface area contributed by atoms with Gasteiger partial charge in [-0.05, 0) is 42.2 Å². The van der Waals surface area contributed by atoms with Gasteiger partial charge in [0.15, 0.2) is 0 Å². The van der Waals surface area contributed by atoms with Crippen molar-refractivity contribution >= 4 is 26.7 Å². The maximum atomic E-state index is 13.3. The number of amides is 1. The van der Waals surface area contributed by atoms with Gasteiger partial charge in [0, 0.05) is 5.39 Å². The van der Waals surface area contributed by atoms with Gasteiger partial charge in [-0.2, -0.15) is 9.98 Å². The second-order valence-electron chi connectivity index (χ2n) is 8.50. The average Bonchev–Trinajstić information content (AvgIpc) is 2.81. The van der Waals surface area contributed by atoms with E-state index in [-0.39, 0.29) is 10.8 Å². The summed E-state index contributed by atoms with van der Waals surface area (Å²) in [5.41, 5.74) is 1.07. The number of nitriles is 1. The van der Waals surface area contributed by atoms with Crippen LogP contribution in [0.1, 0.15) is 32.3 Å². The molecule has 0 saturated carbocycles. The van der Waals surface area contributed by atoms with E-state index >= 15 is 0 Å². The third-order valence-corrected chi connectivity index (χ3v) is 6.93. The summed E-state index contributed by atoms with van der Waals surface area (Å²) < 4.78 is 29.1. The van der Waals surface area contributed by atoms with Crippen LogP contribution in [0.2, 0.25) is 0 Å². The SMILES string of the molecule is CC(C)C[C@H](NS(=O)(=O)c1cccc2ccccc12)C(=O)N[C@H](C#N)CCc1ccccc1. The number of aryl methyl sites for hydroxylation is 1. The van der Waals surface area contributed by atoms with Crippen molar-refractivity contribution in [3.8, 4) is 6.07 Å². The highest BCUT2D eigenvalue weighted by Gasteiger charge is 2.28. The fourth-order valence-corrected chi connectivity index (χ4v) is 5.20. The van der Waals surface area contributed by atoms with Crippen LogP contribution in [0.3, 0.4) is 0 Å². The molecular formula is C26H29N3O3S. The van der Waals surface area contributed by atoms with Crippen molar-refractivity contribution in [3.05, 3.63) is 78.4 Å². The van der Waals surface area contributed by atoms with Crippen LogP contribution in [0.5, 0.6) is 0 Å². The van der Waals surface area contributed by atoms with Gasteiger partial charge in [0.25, 0.3) is 0 Å². The minimum Gasteiger partial charge on any atom is -0.339 e. The number of rotatable bonds is 10. The van der Waals surface area contributed by atoms with Gasteiger partial charge >= 0.3 is 0 Å². The predicted molar refractivity (Wildman–Crippen MR) is 130 cm³/mol. The summed E-state index contributed by atoms with van der Waals surface area (Å²) in [4.78, 5) is 13.2. The first kappa shape index (κ1) is 24.4. The third kappa shape index (κ3) is 6.64. The van der Waals surface area contributed by atoms with Gasteiger partial charge < -0.3 is 5.32 Å². The molecule has 0 unspecified atom stereocenters. The Balaban J connectivity index is 1.76. The number of carbonyl (C=O) groups is 1. The van der Waals surface area contributed by atoms with E-state index in [1.54, 1.807) is 18.2 Å². The number of hydrogen-bond acceptors (Lipinski definition) is 4. The molecule has 7 heteroatoms. The van der Waals surface area contributed by atoms with Gasteiger partial charge in [0.1, 0.15) is 12.1 Å². The Labute approximate surface area is 195 Å². The highest BCUT2D eigenvalue weighted by molar-refractivity contribution is 7.89. The monoisotopic (exact) mass is 463 g/mol. The normalized spacial score (nSPS) is 13.4. The zero-order valence-electron chi connectivity index (χ0n) is 18.9. The van der Waals surface area contributed by atoms with Crippen molar-refractivity contribution in [1.29, 1.82) is 5.26 Å². The van der Waals surface area contributed by atoms with Crippen LogP contribution in [-0.2, 0) is 21.2 Å². The molecule has 0 aromatic heterocycles. The second kappa shape index (κ2) is 11.1. The molecule has 3 rings (SSSR count). The van der Waals surface area contributed by atoms with Crippen LogP contribution in [0.15, 0.2) is 77.7 Å². The first-order valence-corrected chi connectivity index (χ1v) is 12.5. The molecule has 33 heavy (non-hydrogen) atoms. The Morgan fingerprint density at radius 2 is 1.64 bits per heavy atom. The number of benzene rings is 3. The van der Waals surface area contributed by atoms with Gasteiger partial charge in [0.2, 0.25) is 15.9 Å². The van der Waals surface area contributed by atoms with E-state index in [4.69, 9.17) is 0 Å². The fourth-order valence-electron chi connectivity index (χ4n) is 3.76. The third-order valence-electron chi connectivity index (χ3n) is 5.40. The number of sulfonamides is 1. The van der Waals surface area contributed by atoms with Gasteiger partial charge in [-0.1, -0.05) is 80.6 Å². The number of carbonyl (C=O) groups excluding carboxylic acids is 1. The first-order valence-electron chi connectivity index (χ1n) is 11.0. The van der Waals surface area contributed by atoms with E-state index in [1.165, 1.54) is 6.07 Å². The molecule has 2 N–H and O–H groups in total. The molecule has 2 atom stereocenters. The number of fused-ring (bicyclic) bond motifs is 1. The van der Waals surface area contributed by atoms with E-state index in [9.17, 15) is 18.5 Å². The zero-order valence-corrected chi connectivity index (χ0v) is 19.7. The number of nitrogens with zero attached hydrogens (tertiary/aromatic N) is 1. The second-order valence-corrected chi connectivity index (χ2v) is 10.2. The smallest absolute Gasteiger partial charge is 0.241 e. The Morgan fingerprint density at radius 3 is 2.33 bits per heavy atom. The highest BCUT2D eigenvalue weighted by Crippen LogP contribution is 2.23. The summed E-state index contributed by atoms with van der Waals surface area (Å²) in [5.74, 6) is -0.423. The summed E-state index contributed by atoms with van der Waals surface area (Å²) in [6.07, 6.45) is 1.39. The molecule has 3 aromatic rings. The fraction of sp³-hybridized carbons (Fsp3) is 0.308. The molecule has 0 heterocycles. The van der Waals surface area contributed by atoms with E-state index in [2.05, 4.69) is 16.1 Å². The summed E-state index contributed by atoms with van der Waals surface area (Å²) in [6.45, 7) is 3.84. The molecule has 1 amide bonds. The van der Waals surface area contributed by atoms with Gasteiger partial charge in [-0.3, -0.25) is 4.79 Å². The van der Waals surface area contributed by atoms with E-state index in [0.29, 0.717) is 24.6 Å². The maximum Gasteiger partial charge on any atom is 0.241 e. The summed E-state index contributed by atoms with van der Waals surface area (Å²) in [5, 5.41) is 13.7. The quantitative estimate of drug-likeness (QED) is 0.471. The van der Waals surface area contributed by atoms with Crippen molar-refractivity contribution in [1.82, 2.24) is 10.0 Å². The molecule has 0 fully saturated rings. The first-order chi connectivity index (χ1) is 15.8. The topological polar surface area (TPSA) is 99.1 Å². The number of nitrogens with one attached hydrogen (secondary N) is 2. The Morgan fingerprint density at radius 1 is 0.970 bits per heavy atom. The molecule has 0 saturated heterocycles. The predicted octanol–water partition coefficient (Wildman–Crippen LogP) is 4.17. The average molecular weight is 464 g/mol. The van der Waals surface area contributed by atoms with Crippen molar-refractivity contribution in [3.63, 3.8) is 0 Å². The van der Waals surface area contributed by atoms with Gasteiger partial charge in [0.05, 0.1) is 11.0 Å². The maximum absolute atomic E-state index is 13.3. The lowest BCUT2D eigenvalue weighted by Gasteiger charge is -2.22. The lowest BCUT2D eigenvalue weighted by molar-refractivity contribution is -0.123. The molecule has 0 radical (unpaired) electrons. The van der Waals surface area contributed by atoms with E-state index in [0.717, 1.165) is 10.9 Å². The van der Waals surface area contributed by atoms with Crippen molar-refractivity contribution in [2.75, 3.05) is 0 Å². The minimum absolute atomic E-state index is 0.0702. The van der Waals surface area contributed by atoms with Crippen LogP contribution in [-0.4, -0.2) is 26.4 Å². The van der Waals surface area contributed by atoms with E-state index < -0.39 is 28.0 Å². The molecule has 172 valence electrons. The molecule has 0 aliphatic rings. The van der Waals surface area contributed by atoms with E-state index in [1.807, 2.05) is 62.4 Å². The van der Waals surface area contributed by atoms with Crippen molar-refractivity contribution < 1.29 is 13.2 Å². The molecule has 0 aliphatic heterocycles. The standard InChI is InChI=1S/C26H29N3O3S/c1-19(2)17-24(26(30)28-22(18-27)16-15-20-9-4-3-5-10-20)29-33(31,32)25-14-8-12-21-11-6-7-13-23(21)25/h3-14,19,22,24,29H,15-17H2,1-2H3,(H,28,30)/t22-,24-/m0/s1. The van der Waals surface area contributed by atoms with Crippen molar-refractivity contribution in [2.24, 2.45) is 5.92 Å². The minimum atomic E-state index is -3.97. The van der Waals surface area contributed by atoms with Crippen LogP contribution in [0, 0.1) is 17.2 Å². The molecule has 0 bridgehead atoms. The Kier molecular flexibility index (Phi) is 8.21. The summed E-state index contributed by atoms with van der Waals surface area (Å²) in [7, 11) is -3.97. The molecule has 0 aliphatic carbocycles. The molecular weight excluding hydrogens is 434 g/mol. The molecule has 0 spiro atoms. The largest absolute Gasteiger partial charge is 0.339 e. The number of hydrogen-bond donors (Lipinski definition) is 2. The highest BCUT2D eigenvalue weighted by atomic mass is 32.2. The Hall–Kier alpha value is -3.21. The Bertz CT molecular complexity index is 1230. The van der Waals surface area contributed by atoms with Crippen LogP contribution < -0.4 is 10.0 Å². The summed E-state index contributed by atoms with van der Waals surface area (Å²) >= 11 is 0. The van der Waals surface area contributed by atoms with Crippen LogP contribution >= 0.6 is 0 Å². The molecule has 3 aromatic carbocycles. The van der Waals surface area contributed by atoms with Gasteiger partial charge in [-0.15, -0.1) is 0 Å². The van der Waals surface area contributed by atoms with Gasteiger partial charge in [-0.25, -0.2) is 8.42 Å².